The van der Waals surface area contributed by atoms with E-state index in [1.54, 1.807) is 18.2 Å². The van der Waals surface area contributed by atoms with E-state index in [2.05, 4.69) is 4.98 Å². The second-order valence-corrected chi connectivity index (χ2v) is 4.73. The van der Waals surface area contributed by atoms with Crippen LogP contribution in [0.15, 0.2) is 30.5 Å². The van der Waals surface area contributed by atoms with Crippen molar-refractivity contribution < 1.29 is 9.90 Å². The summed E-state index contributed by atoms with van der Waals surface area (Å²) in [4.78, 5) is 14.7. The molecular formula is C12H6Cl3NO2. The van der Waals surface area contributed by atoms with Crippen molar-refractivity contribution in [1.82, 2.24) is 4.98 Å². The second kappa shape index (κ2) is 5.14. The molecule has 0 fully saturated rings. The summed E-state index contributed by atoms with van der Waals surface area (Å²) in [6.07, 6.45) is 1.25. The first-order valence-electron chi connectivity index (χ1n) is 4.83. The van der Waals surface area contributed by atoms with Crippen LogP contribution in [0.1, 0.15) is 10.4 Å². The third-order valence-electron chi connectivity index (χ3n) is 2.27. The third kappa shape index (κ3) is 2.58. The molecule has 92 valence electrons. The minimum absolute atomic E-state index is 0.0972. The first-order chi connectivity index (χ1) is 8.49. The molecule has 2 rings (SSSR count). The lowest BCUT2D eigenvalue weighted by Crippen LogP contribution is -1.97. The Kier molecular flexibility index (Phi) is 3.76. The monoisotopic (exact) mass is 301 g/mol. The fourth-order valence-electron chi connectivity index (χ4n) is 1.46. The molecule has 0 amide bonds. The number of nitrogens with zero attached hydrogens (tertiary/aromatic N) is 1. The summed E-state index contributed by atoms with van der Waals surface area (Å²) >= 11 is 17.9. The molecule has 1 aromatic heterocycles. The van der Waals surface area contributed by atoms with E-state index in [1.807, 2.05) is 0 Å². The Morgan fingerprint density at radius 1 is 1.11 bits per heavy atom. The van der Waals surface area contributed by atoms with Crippen molar-refractivity contribution >= 4 is 40.8 Å². The normalized spacial score (nSPS) is 10.4. The van der Waals surface area contributed by atoms with Gasteiger partial charge in [0, 0.05) is 16.8 Å². The molecule has 0 aliphatic carbocycles. The number of pyridine rings is 1. The molecule has 0 aliphatic rings. The van der Waals surface area contributed by atoms with Crippen LogP contribution in [0.25, 0.3) is 11.3 Å². The molecule has 0 unspecified atom stereocenters. The van der Waals surface area contributed by atoms with Crippen LogP contribution in [0.4, 0.5) is 0 Å². The molecule has 0 saturated heterocycles. The third-order valence-corrected chi connectivity index (χ3v) is 3.09. The van der Waals surface area contributed by atoms with Crippen LogP contribution >= 0.6 is 34.8 Å². The maximum atomic E-state index is 10.7. The lowest BCUT2D eigenvalue weighted by molar-refractivity contribution is 0.0696. The van der Waals surface area contributed by atoms with Crippen molar-refractivity contribution in [2.45, 2.75) is 0 Å². The van der Waals surface area contributed by atoms with E-state index in [0.717, 1.165) is 0 Å². The van der Waals surface area contributed by atoms with Crippen LogP contribution in [0.5, 0.6) is 0 Å². The highest BCUT2D eigenvalue weighted by Crippen LogP contribution is 2.36. The molecule has 0 bridgehead atoms. The van der Waals surface area contributed by atoms with Crippen molar-refractivity contribution in [3.05, 3.63) is 51.1 Å². The standard InChI is InChI=1S/C12H6Cl3NO2/c13-7-3-8(14)11(9(15)4-7)10-2-1-6(5-16-10)12(17)18/h1-5H,(H,17,18). The number of aromatic nitrogens is 1. The predicted octanol–water partition coefficient (Wildman–Crippen LogP) is 4.41. The fraction of sp³-hybridized carbons (Fsp3) is 0. The van der Waals surface area contributed by atoms with Gasteiger partial charge in [-0.05, 0) is 24.3 Å². The van der Waals surface area contributed by atoms with Gasteiger partial charge in [-0.15, -0.1) is 0 Å². The average Bonchev–Trinajstić information content (AvgIpc) is 2.28. The average molecular weight is 303 g/mol. The van der Waals surface area contributed by atoms with E-state index in [-0.39, 0.29) is 5.56 Å². The molecule has 1 aromatic carbocycles. The SMILES string of the molecule is O=C(O)c1ccc(-c2c(Cl)cc(Cl)cc2Cl)nc1. The number of halogens is 3. The summed E-state index contributed by atoms with van der Waals surface area (Å²) in [5.74, 6) is -1.04. The summed E-state index contributed by atoms with van der Waals surface area (Å²) < 4.78 is 0. The molecule has 18 heavy (non-hydrogen) atoms. The molecule has 3 nitrogen and oxygen atoms in total. The summed E-state index contributed by atoms with van der Waals surface area (Å²) in [5, 5.41) is 9.94. The van der Waals surface area contributed by atoms with Gasteiger partial charge < -0.3 is 5.11 Å². The Morgan fingerprint density at radius 2 is 1.72 bits per heavy atom. The minimum Gasteiger partial charge on any atom is -0.478 e. The van der Waals surface area contributed by atoms with Gasteiger partial charge in [0.1, 0.15) is 0 Å². The van der Waals surface area contributed by atoms with Crippen LogP contribution in [0.3, 0.4) is 0 Å². The van der Waals surface area contributed by atoms with Gasteiger partial charge in [-0.1, -0.05) is 34.8 Å². The summed E-state index contributed by atoms with van der Waals surface area (Å²) in [6.45, 7) is 0. The minimum atomic E-state index is -1.04. The van der Waals surface area contributed by atoms with Crippen LogP contribution in [0, 0.1) is 0 Å². The first-order valence-corrected chi connectivity index (χ1v) is 5.96. The molecule has 1 N–H and O–H groups in total. The van der Waals surface area contributed by atoms with Crippen LogP contribution in [-0.2, 0) is 0 Å². The second-order valence-electron chi connectivity index (χ2n) is 3.48. The van der Waals surface area contributed by atoms with Crippen LogP contribution in [-0.4, -0.2) is 16.1 Å². The van der Waals surface area contributed by atoms with Gasteiger partial charge in [0.15, 0.2) is 0 Å². The number of aromatic carboxylic acids is 1. The molecule has 0 atom stereocenters. The number of carboxylic acid groups (broad SMARTS) is 1. The predicted molar refractivity (Wildman–Crippen MR) is 71.7 cm³/mol. The molecule has 0 spiro atoms. The lowest BCUT2D eigenvalue weighted by Gasteiger charge is -2.07. The quantitative estimate of drug-likeness (QED) is 0.894. The van der Waals surface area contributed by atoms with Gasteiger partial charge >= 0.3 is 5.97 Å². The zero-order chi connectivity index (χ0) is 13.3. The summed E-state index contributed by atoms with van der Waals surface area (Å²) in [7, 11) is 0. The number of hydrogen-bond acceptors (Lipinski definition) is 2. The summed E-state index contributed by atoms with van der Waals surface area (Å²) in [5.41, 5.74) is 1.12. The smallest absolute Gasteiger partial charge is 0.337 e. The van der Waals surface area contributed by atoms with Crippen molar-refractivity contribution in [2.24, 2.45) is 0 Å². The number of carboxylic acids is 1. The van der Waals surface area contributed by atoms with Gasteiger partial charge in [-0.3, -0.25) is 4.98 Å². The van der Waals surface area contributed by atoms with E-state index in [1.165, 1.54) is 12.3 Å². The van der Waals surface area contributed by atoms with Crippen molar-refractivity contribution in [3.63, 3.8) is 0 Å². The fourth-order valence-corrected chi connectivity index (χ4v) is 2.47. The Bertz CT molecular complexity index is 588. The Labute approximate surface area is 118 Å². The van der Waals surface area contributed by atoms with Gasteiger partial charge in [0.05, 0.1) is 21.3 Å². The zero-order valence-corrected chi connectivity index (χ0v) is 11.1. The molecule has 2 aromatic rings. The largest absolute Gasteiger partial charge is 0.478 e. The van der Waals surface area contributed by atoms with Crippen molar-refractivity contribution in [2.75, 3.05) is 0 Å². The van der Waals surface area contributed by atoms with Crippen LogP contribution in [0.2, 0.25) is 15.1 Å². The van der Waals surface area contributed by atoms with Crippen molar-refractivity contribution in [3.8, 4) is 11.3 Å². The maximum absolute atomic E-state index is 10.7. The van der Waals surface area contributed by atoms with E-state index >= 15 is 0 Å². The van der Waals surface area contributed by atoms with E-state index in [0.29, 0.717) is 26.3 Å². The number of carbonyl (C=O) groups is 1. The van der Waals surface area contributed by atoms with E-state index < -0.39 is 5.97 Å². The Hall–Kier alpha value is -1.29. The van der Waals surface area contributed by atoms with E-state index in [4.69, 9.17) is 39.9 Å². The van der Waals surface area contributed by atoms with Crippen LogP contribution < -0.4 is 0 Å². The van der Waals surface area contributed by atoms with Gasteiger partial charge in [0.25, 0.3) is 0 Å². The topological polar surface area (TPSA) is 50.2 Å². The van der Waals surface area contributed by atoms with Gasteiger partial charge in [-0.2, -0.15) is 0 Å². The highest BCUT2D eigenvalue weighted by Gasteiger charge is 2.12. The van der Waals surface area contributed by atoms with Crippen molar-refractivity contribution in [1.29, 1.82) is 0 Å². The number of benzene rings is 1. The molecule has 0 radical (unpaired) electrons. The molecule has 0 aliphatic heterocycles. The molecule has 6 heteroatoms. The zero-order valence-electron chi connectivity index (χ0n) is 8.82. The Balaban J connectivity index is 2.52. The molecule has 0 saturated carbocycles. The lowest BCUT2D eigenvalue weighted by atomic mass is 10.1. The molecular weight excluding hydrogens is 296 g/mol. The number of rotatable bonds is 2. The molecule has 1 heterocycles. The Morgan fingerprint density at radius 3 is 2.17 bits per heavy atom. The van der Waals surface area contributed by atoms with Gasteiger partial charge in [0.2, 0.25) is 0 Å². The van der Waals surface area contributed by atoms with Gasteiger partial charge in [-0.25, -0.2) is 4.79 Å². The van der Waals surface area contributed by atoms with E-state index in [9.17, 15) is 4.79 Å². The maximum Gasteiger partial charge on any atom is 0.337 e. The highest BCUT2D eigenvalue weighted by atomic mass is 35.5. The highest BCUT2D eigenvalue weighted by molar-refractivity contribution is 6.41. The first kappa shape index (κ1) is 13.1. The number of hydrogen-bond donors (Lipinski definition) is 1. The summed E-state index contributed by atoms with van der Waals surface area (Å²) in [6, 6.07) is 6.09.